The Morgan fingerprint density at radius 1 is 1.02 bits per heavy atom. The molecular weight excluding hydrogens is 770 g/mol. The minimum absolute atomic E-state index is 0.0290. The lowest BCUT2D eigenvalue weighted by atomic mass is 9.84. The maximum atomic E-state index is 13.5. The number of nitrogens with zero attached hydrogens (tertiary/aromatic N) is 2. The molecular formula is C36H46F6N8O7. The highest BCUT2D eigenvalue weighted by atomic mass is 19.4. The third-order valence-corrected chi connectivity index (χ3v) is 8.01. The molecule has 15 nitrogen and oxygen atoms in total. The third kappa shape index (κ3) is 17.9. The molecule has 0 unspecified atom stereocenters. The van der Waals surface area contributed by atoms with Gasteiger partial charge in [-0.15, -0.1) is 0 Å². The lowest BCUT2D eigenvalue weighted by Gasteiger charge is -2.28. The Labute approximate surface area is 323 Å². The van der Waals surface area contributed by atoms with Crippen LogP contribution in [0.25, 0.3) is 11.3 Å². The molecule has 0 aliphatic heterocycles. The summed E-state index contributed by atoms with van der Waals surface area (Å²) >= 11 is 0. The number of rotatable bonds is 11. The van der Waals surface area contributed by atoms with E-state index in [1.54, 1.807) is 42.5 Å². The number of amides is 2. The number of carbonyl (C=O) groups is 4. The van der Waals surface area contributed by atoms with Gasteiger partial charge in [-0.1, -0.05) is 43.5 Å². The number of alkyl halides is 6. The third-order valence-electron chi connectivity index (χ3n) is 8.01. The van der Waals surface area contributed by atoms with Gasteiger partial charge in [0.1, 0.15) is 12.4 Å². The summed E-state index contributed by atoms with van der Waals surface area (Å²) in [5, 5.41) is 30.6. The number of hydrogen-bond acceptors (Lipinski definition) is 9. The molecule has 1 aliphatic carbocycles. The van der Waals surface area contributed by atoms with Crippen LogP contribution in [0.2, 0.25) is 0 Å². The maximum absolute atomic E-state index is 13.5. The van der Waals surface area contributed by atoms with Crippen molar-refractivity contribution in [2.75, 3.05) is 11.1 Å². The number of benzene rings is 2. The van der Waals surface area contributed by atoms with Crippen molar-refractivity contribution in [3.8, 4) is 11.3 Å². The van der Waals surface area contributed by atoms with E-state index in [-0.39, 0.29) is 55.1 Å². The van der Waals surface area contributed by atoms with Gasteiger partial charge in [-0.2, -0.15) is 26.3 Å². The Morgan fingerprint density at radius 3 is 2.05 bits per heavy atom. The van der Waals surface area contributed by atoms with Crippen LogP contribution in [0.3, 0.4) is 0 Å². The summed E-state index contributed by atoms with van der Waals surface area (Å²) in [4.78, 5) is 61.5. The standard InChI is InChI=1S/C32H42N8O3.C2HF3O2.CHF3.CH2O2/c1-19(2)38-30-32(43)40(18-28(41)36-16-21-9-11-23(12-10-21)29(34)35)27(17-37-30)24-13-25(15-26(33)14-24)31(42)39-20(3)22-7-5-4-6-8-22;3-2(4,5)1(6)7;2-1(3)4;2-1-3/h9-15,17,19-20,22H,4-8,16,18,33H2,1-3H3,(H3,34,35)(H,36,41)(H,37,38)(H,39,42);(H,6,7);1H;1H,(H,2,3)/t20-;;;/m0.../s1. The fourth-order valence-corrected chi connectivity index (χ4v) is 5.42. The van der Waals surface area contributed by atoms with Crippen molar-refractivity contribution in [1.82, 2.24) is 20.2 Å². The van der Waals surface area contributed by atoms with E-state index in [0.717, 1.165) is 18.4 Å². The van der Waals surface area contributed by atoms with E-state index < -0.39 is 24.4 Å². The van der Waals surface area contributed by atoms with Crippen molar-refractivity contribution in [1.29, 1.82) is 5.41 Å². The second kappa shape index (κ2) is 23.7. The summed E-state index contributed by atoms with van der Waals surface area (Å²) in [6.07, 6.45) is 2.23. The second-order valence-corrected chi connectivity index (χ2v) is 12.7. The largest absolute Gasteiger partial charge is 0.490 e. The SMILES string of the molecule is CC(C)Nc1ncc(-c2cc(N)cc(C(=O)N[C@@H](C)C3CCCCC3)c2)n(CC(=O)NCc2ccc(C(=N)N)cc2)c1=O.FC(F)F.O=C(O)C(F)(F)F.O=CO. The zero-order valence-corrected chi connectivity index (χ0v) is 31.2. The molecule has 57 heavy (non-hydrogen) atoms. The first kappa shape index (κ1) is 48.9. The molecule has 0 radical (unpaired) electrons. The number of carbonyl (C=O) groups excluding carboxylic acids is 2. The van der Waals surface area contributed by atoms with Gasteiger partial charge in [-0.25, -0.2) is 9.78 Å². The van der Waals surface area contributed by atoms with Gasteiger partial charge in [0.25, 0.3) is 17.9 Å². The smallest absolute Gasteiger partial charge is 0.483 e. The molecule has 2 aromatic carbocycles. The van der Waals surface area contributed by atoms with Gasteiger partial charge in [0, 0.05) is 41.0 Å². The number of aliphatic carboxylic acids is 1. The lowest BCUT2D eigenvalue weighted by Crippen LogP contribution is -2.39. The van der Waals surface area contributed by atoms with E-state index in [4.69, 9.17) is 36.7 Å². The van der Waals surface area contributed by atoms with Gasteiger partial charge in [-0.3, -0.25) is 29.2 Å². The molecule has 1 saturated carbocycles. The van der Waals surface area contributed by atoms with Crippen molar-refractivity contribution in [3.63, 3.8) is 0 Å². The highest BCUT2D eigenvalue weighted by Gasteiger charge is 2.38. The molecule has 1 aliphatic rings. The van der Waals surface area contributed by atoms with E-state index in [1.165, 1.54) is 30.0 Å². The van der Waals surface area contributed by atoms with Gasteiger partial charge in [0.2, 0.25) is 5.91 Å². The summed E-state index contributed by atoms with van der Waals surface area (Å²) in [5.41, 5.74) is 14.3. The quantitative estimate of drug-likeness (QED) is 0.0414. The predicted octanol–water partition coefficient (Wildman–Crippen LogP) is 5.12. The number of carboxylic acid groups (broad SMARTS) is 2. The number of amidine groups is 1. The number of anilines is 2. The normalized spacial score (nSPS) is 13.0. The van der Waals surface area contributed by atoms with Crippen molar-refractivity contribution in [3.05, 3.63) is 75.7 Å². The van der Waals surface area contributed by atoms with Crippen molar-refractivity contribution >= 4 is 41.6 Å². The van der Waals surface area contributed by atoms with Crippen LogP contribution in [0.5, 0.6) is 0 Å². The van der Waals surface area contributed by atoms with Gasteiger partial charge in [0.15, 0.2) is 5.82 Å². The predicted molar refractivity (Wildman–Crippen MR) is 199 cm³/mol. The first-order chi connectivity index (χ1) is 26.6. The van der Waals surface area contributed by atoms with Crippen LogP contribution in [0, 0.1) is 11.3 Å². The molecule has 314 valence electrons. The lowest BCUT2D eigenvalue weighted by molar-refractivity contribution is -0.192. The Morgan fingerprint density at radius 2 is 1.56 bits per heavy atom. The fraction of sp³-hybridized carbons (Fsp3) is 0.417. The Balaban J connectivity index is 0.000000997. The molecule has 0 spiro atoms. The summed E-state index contributed by atoms with van der Waals surface area (Å²) < 4.78 is 62.1. The summed E-state index contributed by atoms with van der Waals surface area (Å²) in [5.74, 6) is -2.85. The molecule has 10 N–H and O–H groups in total. The van der Waals surface area contributed by atoms with Crippen LogP contribution in [0.1, 0.15) is 74.4 Å². The van der Waals surface area contributed by atoms with Gasteiger partial charge in [0.05, 0.1) is 11.9 Å². The molecule has 1 heterocycles. The molecule has 1 fully saturated rings. The maximum Gasteiger partial charge on any atom is 0.490 e. The molecule has 2 amide bonds. The number of carboxylic acids is 1. The second-order valence-electron chi connectivity index (χ2n) is 12.7. The first-order valence-electron chi connectivity index (χ1n) is 17.2. The van der Waals surface area contributed by atoms with Crippen molar-refractivity contribution in [2.24, 2.45) is 11.7 Å². The number of halogens is 6. The van der Waals surface area contributed by atoms with E-state index >= 15 is 0 Å². The number of nitrogens with one attached hydrogen (secondary N) is 4. The topological polar surface area (TPSA) is 256 Å². The zero-order chi connectivity index (χ0) is 43.5. The monoisotopic (exact) mass is 816 g/mol. The number of nitrogen functional groups attached to an aromatic ring is 2. The summed E-state index contributed by atoms with van der Waals surface area (Å²) in [7, 11) is 0. The fourth-order valence-electron chi connectivity index (χ4n) is 5.42. The van der Waals surface area contributed by atoms with Crippen LogP contribution in [0.4, 0.5) is 37.8 Å². The Bertz CT molecular complexity index is 1850. The van der Waals surface area contributed by atoms with Gasteiger partial charge in [-0.05, 0) is 63.3 Å². The number of nitrogens with two attached hydrogens (primary N) is 2. The zero-order valence-electron chi connectivity index (χ0n) is 31.2. The molecule has 1 atom stereocenters. The van der Waals surface area contributed by atoms with Crippen LogP contribution in [0.15, 0.2) is 53.5 Å². The van der Waals surface area contributed by atoms with Crippen LogP contribution >= 0.6 is 0 Å². The van der Waals surface area contributed by atoms with Crippen LogP contribution in [-0.4, -0.2) is 74.8 Å². The minimum Gasteiger partial charge on any atom is -0.483 e. The van der Waals surface area contributed by atoms with Gasteiger partial charge >= 0.3 is 18.8 Å². The van der Waals surface area contributed by atoms with Crippen LogP contribution in [-0.2, 0) is 27.5 Å². The van der Waals surface area contributed by atoms with Crippen molar-refractivity contribution < 1.29 is 55.7 Å². The van der Waals surface area contributed by atoms with Crippen molar-refractivity contribution in [2.45, 2.75) is 90.9 Å². The molecule has 1 aromatic heterocycles. The molecule has 0 bridgehead atoms. The molecule has 21 heteroatoms. The number of hydrogen-bond donors (Lipinski definition) is 8. The minimum atomic E-state index is -5.08. The van der Waals surface area contributed by atoms with E-state index in [0.29, 0.717) is 34.0 Å². The highest BCUT2D eigenvalue weighted by Crippen LogP contribution is 2.27. The van der Waals surface area contributed by atoms with E-state index in [1.807, 2.05) is 20.8 Å². The van der Waals surface area contributed by atoms with Crippen LogP contribution < -0.4 is 33.0 Å². The average molecular weight is 817 g/mol. The Hall–Kier alpha value is -6.15. The number of aromatic nitrogens is 2. The summed E-state index contributed by atoms with van der Waals surface area (Å²) in [6, 6.07) is 11.9. The van der Waals surface area contributed by atoms with E-state index in [9.17, 15) is 40.7 Å². The van der Waals surface area contributed by atoms with Gasteiger partial charge < -0.3 is 37.6 Å². The first-order valence-corrected chi connectivity index (χ1v) is 17.2. The van der Waals surface area contributed by atoms with E-state index in [2.05, 4.69) is 20.9 Å². The Kier molecular flexibility index (Phi) is 20.3. The summed E-state index contributed by atoms with van der Waals surface area (Å²) in [6.45, 7) is 1.86. The molecule has 3 aromatic rings. The highest BCUT2D eigenvalue weighted by molar-refractivity contribution is 5.97. The average Bonchev–Trinajstić information content (AvgIpc) is 3.12. The molecule has 0 saturated heterocycles. The molecule has 4 rings (SSSR count).